The lowest BCUT2D eigenvalue weighted by Crippen LogP contribution is -2.04. The van der Waals surface area contributed by atoms with Crippen LogP contribution in [0.5, 0.6) is 0 Å². The molecule has 0 radical (unpaired) electrons. The van der Waals surface area contributed by atoms with Crippen LogP contribution in [0, 0.1) is 0 Å². The van der Waals surface area contributed by atoms with Gasteiger partial charge in [-0.05, 0) is 24.1 Å². The van der Waals surface area contributed by atoms with Gasteiger partial charge in [-0.2, -0.15) is 0 Å². The smallest absolute Gasteiger partial charge is 0.307 e. The lowest BCUT2D eigenvalue weighted by Gasteiger charge is -2.02. The van der Waals surface area contributed by atoms with Gasteiger partial charge in [0.2, 0.25) is 0 Å². The first-order valence-electron chi connectivity index (χ1n) is 5.28. The molecular weight excluding hydrogens is 204 g/mol. The van der Waals surface area contributed by atoms with Gasteiger partial charge in [-0.25, -0.2) is 4.98 Å². The first kappa shape index (κ1) is 10.7. The Bertz CT molecular complexity index is 543. The number of fused-ring (bicyclic) bond motifs is 1. The first-order valence-corrected chi connectivity index (χ1v) is 5.28. The molecule has 2 rings (SSSR count). The van der Waals surface area contributed by atoms with Crippen LogP contribution in [0.15, 0.2) is 18.3 Å². The fourth-order valence-electron chi connectivity index (χ4n) is 2.18. The number of hydrogen-bond donors (Lipinski definition) is 1. The van der Waals surface area contributed by atoms with E-state index in [1.807, 2.05) is 30.7 Å². The minimum absolute atomic E-state index is 0.0617. The van der Waals surface area contributed by atoms with Crippen molar-refractivity contribution in [1.29, 1.82) is 0 Å². The molecule has 0 amide bonds. The molecule has 0 saturated heterocycles. The van der Waals surface area contributed by atoms with Gasteiger partial charge >= 0.3 is 5.97 Å². The zero-order chi connectivity index (χ0) is 11.7. The molecule has 0 atom stereocenters. The third kappa shape index (κ3) is 1.56. The SMILES string of the molecule is CCc1c(CC(=O)O)c2cccnc2n1C. The van der Waals surface area contributed by atoms with E-state index in [2.05, 4.69) is 4.98 Å². The van der Waals surface area contributed by atoms with Crippen LogP contribution in [-0.4, -0.2) is 20.6 Å². The number of hydrogen-bond acceptors (Lipinski definition) is 2. The van der Waals surface area contributed by atoms with Crippen molar-refractivity contribution in [2.45, 2.75) is 19.8 Å². The van der Waals surface area contributed by atoms with E-state index in [1.165, 1.54) is 0 Å². The molecule has 0 aliphatic heterocycles. The largest absolute Gasteiger partial charge is 0.481 e. The second kappa shape index (κ2) is 3.96. The Morgan fingerprint density at radius 2 is 2.31 bits per heavy atom. The molecular formula is C12H14N2O2. The Morgan fingerprint density at radius 3 is 2.94 bits per heavy atom. The Balaban J connectivity index is 2.72. The van der Waals surface area contributed by atoms with Crippen molar-refractivity contribution >= 4 is 17.0 Å². The fraction of sp³-hybridized carbons (Fsp3) is 0.333. The number of rotatable bonds is 3. The summed E-state index contributed by atoms with van der Waals surface area (Å²) in [5.74, 6) is -0.800. The molecule has 84 valence electrons. The Hall–Kier alpha value is -1.84. The molecule has 2 aromatic rings. The molecule has 2 aromatic heterocycles. The van der Waals surface area contributed by atoms with Crippen LogP contribution in [0.3, 0.4) is 0 Å². The molecule has 2 heterocycles. The van der Waals surface area contributed by atoms with Gasteiger partial charge in [0.1, 0.15) is 5.65 Å². The standard InChI is InChI=1S/C12H14N2O2/c1-3-10-9(7-11(15)16)8-5-4-6-13-12(8)14(10)2/h4-6H,3,7H2,1-2H3,(H,15,16). The quantitative estimate of drug-likeness (QED) is 0.854. The van der Waals surface area contributed by atoms with E-state index in [0.29, 0.717) is 0 Å². The zero-order valence-electron chi connectivity index (χ0n) is 9.40. The maximum atomic E-state index is 10.9. The van der Waals surface area contributed by atoms with Gasteiger partial charge in [-0.1, -0.05) is 6.92 Å². The number of pyridine rings is 1. The number of carboxylic acid groups (broad SMARTS) is 1. The minimum atomic E-state index is -0.800. The summed E-state index contributed by atoms with van der Waals surface area (Å²) in [7, 11) is 1.93. The van der Waals surface area contributed by atoms with Crippen molar-refractivity contribution in [3.63, 3.8) is 0 Å². The Kier molecular flexibility index (Phi) is 2.64. The van der Waals surface area contributed by atoms with E-state index in [0.717, 1.165) is 28.7 Å². The van der Waals surface area contributed by atoms with Gasteiger partial charge in [0.25, 0.3) is 0 Å². The summed E-state index contributed by atoms with van der Waals surface area (Å²) in [6.45, 7) is 2.03. The molecule has 0 fully saturated rings. The second-order valence-electron chi connectivity index (χ2n) is 3.78. The number of aromatic nitrogens is 2. The molecule has 0 aromatic carbocycles. The number of aryl methyl sites for hydroxylation is 1. The maximum Gasteiger partial charge on any atom is 0.307 e. The summed E-state index contributed by atoms with van der Waals surface area (Å²) >= 11 is 0. The van der Waals surface area contributed by atoms with Gasteiger partial charge in [0.15, 0.2) is 0 Å². The summed E-state index contributed by atoms with van der Waals surface area (Å²) in [6, 6.07) is 3.77. The highest BCUT2D eigenvalue weighted by atomic mass is 16.4. The Morgan fingerprint density at radius 1 is 1.56 bits per heavy atom. The molecule has 1 N–H and O–H groups in total. The van der Waals surface area contributed by atoms with Crippen LogP contribution in [0.1, 0.15) is 18.2 Å². The fourth-order valence-corrected chi connectivity index (χ4v) is 2.18. The summed E-state index contributed by atoms with van der Waals surface area (Å²) in [4.78, 5) is 15.1. The molecule has 0 unspecified atom stereocenters. The molecule has 4 heteroatoms. The summed E-state index contributed by atoms with van der Waals surface area (Å²) in [5, 5.41) is 9.87. The highest BCUT2D eigenvalue weighted by Gasteiger charge is 2.16. The lowest BCUT2D eigenvalue weighted by molar-refractivity contribution is -0.136. The van der Waals surface area contributed by atoms with Crippen LogP contribution in [0.4, 0.5) is 0 Å². The van der Waals surface area contributed by atoms with Crippen molar-refractivity contribution in [3.8, 4) is 0 Å². The third-order valence-corrected chi connectivity index (χ3v) is 2.85. The van der Waals surface area contributed by atoms with Crippen LogP contribution < -0.4 is 0 Å². The molecule has 4 nitrogen and oxygen atoms in total. The van der Waals surface area contributed by atoms with Crippen molar-refractivity contribution in [3.05, 3.63) is 29.6 Å². The molecule has 0 bridgehead atoms. The van der Waals surface area contributed by atoms with E-state index < -0.39 is 5.97 Å². The van der Waals surface area contributed by atoms with Crippen LogP contribution in [-0.2, 0) is 24.7 Å². The summed E-state index contributed by atoms with van der Waals surface area (Å²) in [5.41, 5.74) is 2.80. The molecule has 0 aliphatic rings. The molecule has 0 spiro atoms. The third-order valence-electron chi connectivity index (χ3n) is 2.85. The second-order valence-corrected chi connectivity index (χ2v) is 3.78. The van der Waals surface area contributed by atoms with Crippen LogP contribution in [0.2, 0.25) is 0 Å². The van der Waals surface area contributed by atoms with Gasteiger partial charge in [0, 0.05) is 24.3 Å². The lowest BCUT2D eigenvalue weighted by atomic mass is 10.1. The first-order chi connectivity index (χ1) is 7.65. The summed E-state index contributed by atoms with van der Waals surface area (Å²) < 4.78 is 1.98. The van der Waals surface area contributed by atoms with E-state index in [9.17, 15) is 4.79 Å². The van der Waals surface area contributed by atoms with Crippen molar-refractivity contribution in [2.75, 3.05) is 0 Å². The number of carboxylic acids is 1. The van der Waals surface area contributed by atoms with Crippen molar-refractivity contribution in [1.82, 2.24) is 9.55 Å². The topological polar surface area (TPSA) is 55.1 Å². The van der Waals surface area contributed by atoms with Crippen LogP contribution in [0.25, 0.3) is 11.0 Å². The predicted octanol–water partition coefficient (Wildman–Crippen LogP) is 1.76. The monoisotopic (exact) mass is 218 g/mol. The van der Waals surface area contributed by atoms with Gasteiger partial charge in [-0.3, -0.25) is 4.79 Å². The van der Waals surface area contributed by atoms with Crippen molar-refractivity contribution < 1.29 is 9.90 Å². The number of carbonyl (C=O) groups is 1. The number of nitrogens with zero attached hydrogens (tertiary/aromatic N) is 2. The maximum absolute atomic E-state index is 10.9. The van der Waals surface area contributed by atoms with Crippen molar-refractivity contribution in [2.24, 2.45) is 7.05 Å². The molecule has 0 saturated carbocycles. The average Bonchev–Trinajstić information content (AvgIpc) is 2.52. The summed E-state index contributed by atoms with van der Waals surface area (Å²) in [6.07, 6.45) is 2.61. The normalized spacial score (nSPS) is 10.9. The highest BCUT2D eigenvalue weighted by Crippen LogP contribution is 2.24. The Labute approximate surface area is 93.5 Å². The zero-order valence-corrected chi connectivity index (χ0v) is 9.40. The van der Waals surface area contributed by atoms with E-state index in [-0.39, 0.29) is 6.42 Å². The molecule has 16 heavy (non-hydrogen) atoms. The minimum Gasteiger partial charge on any atom is -0.481 e. The predicted molar refractivity (Wildman–Crippen MR) is 61.4 cm³/mol. The van der Waals surface area contributed by atoms with Gasteiger partial charge in [-0.15, -0.1) is 0 Å². The van der Waals surface area contributed by atoms with Gasteiger partial charge in [0.05, 0.1) is 6.42 Å². The van der Waals surface area contributed by atoms with Gasteiger partial charge < -0.3 is 9.67 Å². The number of aliphatic carboxylic acids is 1. The van der Waals surface area contributed by atoms with E-state index in [1.54, 1.807) is 6.20 Å². The highest BCUT2D eigenvalue weighted by molar-refractivity contribution is 5.86. The molecule has 0 aliphatic carbocycles. The van der Waals surface area contributed by atoms with Crippen LogP contribution >= 0.6 is 0 Å². The van der Waals surface area contributed by atoms with E-state index in [4.69, 9.17) is 5.11 Å². The average molecular weight is 218 g/mol. The van der Waals surface area contributed by atoms with E-state index >= 15 is 0 Å².